The molecule has 0 radical (unpaired) electrons. The molecule has 1 unspecified atom stereocenters. The summed E-state index contributed by atoms with van der Waals surface area (Å²) in [6, 6.07) is 0.793. The second kappa shape index (κ2) is 3.94. The number of sulfonamides is 1. The Morgan fingerprint density at radius 3 is 2.79 bits per heavy atom. The zero-order valence-corrected chi connectivity index (χ0v) is 8.33. The number of nitriles is 1. The molecule has 0 saturated carbocycles. The maximum atomic E-state index is 11.4. The topological polar surface area (TPSA) is 104 Å². The Balaban J connectivity index is 2.88. The van der Waals surface area contributed by atoms with Gasteiger partial charge in [0, 0.05) is 6.54 Å². The molecule has 1 heterocycles. The molecule has 78 valence electrons. The van der Waals surface area contributed by atoms with Crippen LogP contribution in [0.3, 0.4) is 0 Å². The van der Waals surface area contributed by atoms with E-state index in [4.69, 9.17) is 11.0 Å². The van der Waals surface area contributed by atoms with Crippen molar-refractivity contribution in [2.45, 2.75) is 18.9 Å². The van der Waals surface area contributed by atoms with E-state index in [0.29, 0.717) is 12.8 Å². The highest BCUT2D eigenvalue weighted by molar-refractivity contribution is 7.89. The highest BCUT2D eigenvalue weighted by Gasteiger charge is 2.37. The molecule has 0 aromatic heterocycles. The molecule has 1 aliphatic rings. The van der Waals surface area contributed by atoms with Gasteiger partial charge in [0.05, 0.1) is 6.07 Å². The van der Waals surface area contributed by atoms with Gasteiger partial charge in [-0.3, -0.25) is 4.79 Å². The average molecular weight is 217 g/mol. The number of hydrogen-bond donors (Lipinski definition) is 1. The van der Waals surface area contributed by atoms with Crippen LogP contribution in [-0.2, 0) is 14.8 Å². The number of rotatable bonds is 3. The first-order valence-electron chi connectivity index (χ1n) is 4.15. The highest BCUT2D eigenvalue weighted by Crippen LogP contribution is 2.20. The van der Waals surface area contributed by atoms with Gasteiger partial charge in [0.25, 0.3) is 0 Å². The van der Waals surface area contributed by atoms with Crippen LogP contribution in [0.5, 0.6) is 0 Å². The third-order valence-corrected chi connectivity index (χ3v) is 3.78. The van der Waals surface area contributed by atoms with Crippen LogP contribution in [0.2, 0.25) is 0 Å². The van der Waals surface area contributed by atoms with Gasteiger partial charge in [-0.25, -0.2) is 8.42 Å². The van der Waals surface area contributed by atoms with Gasteiger partial charge in [0.2, 0.25) is 15.9 Å². The fourth-order valence-corrected chi connectivity index (χ4v) is 2.86. The van der Waals surface area contributed by atoms with Crippen molar-refractivity contribution in [3.05, 3.63) is 0 Å². The van der Waals surface area contributed by atoms with Gasteiger partial charge in [-0.05, 0) is 12.8 Å². The lowest BCUT2D eigenvalue weighted by Crippen LogP contribution is -2.44. The van der Waals surface area contributed by atoms with E-state index in [1.807, 2.05) is 0 Å². The van der Waals surface area contributed by atoms with Crippen LogP contribution < -0.4 is 5.73 Å². The SMILES string of the molecule is N#CCS(=O)(=O)N1CCCC1C(N)=O. The number of hydrogen-bond acceptors (Lipinski definition) is 4. The first-order chi connectivity index (χ1) is 6.49. The van der Waals surface area contributed by atoms with Gasteiger partial charge in [0.1, 0.15) is 6.04 Å². The summed E-state index contributed by atoms with van der Waals surface area (Å²) in [5, 5.41) is 8.32. The molecule has 14 heavy (non-hydrogen) atoms. The molecule has 1 fully saturated rings. The lowest BCUT2D eigenvalue weighted by atomic mass is 10.2. The van der Waals surface area contributed by atoms with Gasteiger partial charge in [-0.1, -0.05) is 0 Å². The van der Waals surface area contributed by atoms with E-state index in [0.717, 1.165) is 4.31 Å². The van der Waals surface area contributed by atoms with Crippen LogP contribution >= 0.6 is 0 Å². The predicted octanol–water partition coefficient (Wildman–Crippen LogP) is -1.21. The minimum Gasteiger partial charge on any atom is -0.368 e. The molecule has 0 aromatic rings. The fourth-order valence-electron chi connectivity index (χ4n) is 1.52. The Kier molecular flexibility index (Phi) is 3.08. The molecule has 6 nitrogen and oxygen atoms in total. The van der Waals surface area contributed by atoms with E-state index >= 15 is 0 Å². The van der Waals surface area contributed by atoms with Crippen LogP contribution in [0.25, 0.3) is 0 Å². The highest BCUT2D eigenvalue weighted by atomic mass is 32.2. The first kappa shape index (κ1) is 10.9. The molecule has 1 atom stereocenters. The molecule has 1 amide bonds. The average Bonchev–Trinajstić information content (AvgIpc) is 2.51. The van der Waals surface area contributed by atoms with Crippen molar-refractivity contribution >= 4 is 15.9 Å². The van der Waals surface area contributed by atoms with E-state index in [9.17, 15) is 13.2 Å². The molecule has 0 aromatic carbocycles. The molecule has 1 saturated heterocycles. The quantitative estimate of drug-likeness (QED) is 0.640. The van der Waals surface area contributed by atoms with Gasteiger partial charge < -0.3 is 5.73 Å². The molecule has 1 aliphatic heterocycles. The predicted molar refractivity (Wildman–Crippen MR) is 48.3 cm³/mol. The van der Waals surface area contributed by atoms with E-state index in [1.165, 1.54) is 0 Å². The maximum absolute atomic E-state index is 11.4. The summed E-state index contributed by atoms with van der Waals surface area (Å²) in [6.07, 6.45) is 1.05. The summed E-state index contributed by atoms with van der Waals surface area (Å²) in [4.78, 5) is 10.9. The Morgan fingerprint density at radius 2 is 2.29 bits per heavy atom. The molecule has 2 N–H and O–H groups in total. The van der Waals surface area contributed by atoms with Crippen molar-refractivity contribution in [1.29, 1.82) is 5.26 Å². The smallest absolute Gasteiger partial charge is 0.235 e. The number of amides is 1. The molecular formula is C7H11N3O3S. The number of primary amides is 1. The zero-order valence-electron chi connectivity index (χ0n) is 7.51. The van der Waals surface area contributed by atoms with Crippen LogP contribution in [0, 0.1) is 11.3 Å². The molecular weight excluding hydrogens is 206 g/mol. The largest absolute Gasteiger partial charge is 0.368 e. The fraction of sp³-hybridized carbons (Fsp3) is 0.714. The molecule has 0 bridgehead atoms. The maximum Gasteiger partial charge on any atom is 0.235 e. The molecule has 7 heteroatoms. The summed E-state index contributed by atoms with van der Waals surface area (Å²) in [6.45, 7) is 0.275. The Bertz CT molecular complexity index is 370. The standard InChI is InChI=1S/C7H11N3O3S/c8-3-5-14(12,13)10-4-1-2-6(10)7(9)11/h6H,1-2,4-5H2,(H2,9,11). The molecule has 1 rings (SSSR count). The third-order valence-electron chi connectivity index (χ3n) is 2.14. The van der Waals surface area contributed by atoms with E-state index < -0.39 is 27.7 Å². The Hall–Kier alpha value is -1.13. The summed E-state index contributed by atoms with van der Waals surface area (Å²) >= 11 is 0. The minimum absolute atomic E-state index is 0.275. The number of nitrogens with zero attached hydrogens (tertiary/aromatic N) is 2. The van der Waals surface area contributed by atoms with Crippen LogP contribution in [0.4, 0.5) is 0 Å². The van der Waals surface area contributed by atoms with Crippen molar-refractivity contribution in [1.82, 2.24) is 4.31 Å². The normalized spacial score (nSPS) is 23.2. The van der Waals surface area contributed by atoms with Crippen molar-refractivity contribution in [3.63, 3.8) is 0 Å². The van der Waals surface area contributed by atoms with E-state index in [2.05, 4.69) is 0 Å². The third kappa shape index (κ3) is 2.02. The van der Waals surface area contributed by atoms with Crippen LogP contribution in [-0.4, -0.2) is 37.0 Å². The summed E-state index contributed by atoms with van der Waals surface area (Å²) < 4.78 is 23.9. The lowest BCUT2D eigenvalue weighted by molar-refractivity contribution is -0.121. The second-order valence-corrected chi connectivity index (χ2v) is 5.01. The van der Waals surface area contributed by atoms with Crippen LogP contribution in [0.1, 0.15) is 12.8 Å². The number of nitrogens with two attached hydrogens (primary N) is 1. The van der Waals surface area contributed by atoms with Gasteiger partial charge >= 0.3 is 0 Å². The monoisotopic (exact) mass is 217 g/mol. The number of carbonyl (C=O) groups excluding carboxylic acids is 1. The lowest BCUT2D eigenvalue weighted by Gasteiger charge is -2.19. The number of carbonyl (C=O) groups is 1. The van der Waals surface area contributed by atoms with Gasteiger partial charge in [0.15, 0.2) is 5.75 Å². The van der Waals surface area contributed by atoms with E-state index in [-0.39, 0.29) is 6.54 Å². The zero-order chi connectivity index (χ0) is 10.8. The summed E-state index contributed by atoms with van der Waals surface area (Å²) in [7, 11) is -3.63. The van der Waals surface area contributed by atoms with Crippen molar-refractivity contribution in [3.8, 4) is 6.07 Å². The van der Waals surface area contributed by atoms with Crippen molar-refractivity contribution in [2.24, 2.45) is 5.73 Å². The first-order valence-corrected chi connectivity index (χ1v) is 5.76. The molecule has 0 aliphatic carbocycles. The van der Waals surface area contributed by atoms with E-state index in [1.54, 1.807) is 6.07 Å². The second-order valence-electron chi connectivity index (χ2n) is 3.09. The Labute approximate surface area is 82.3 Å². The Morgan fingerprint density at radius 1 is 1.64 bits per heavy atom. The summed E-state index contributed by atoms with van der Waals surface area (Å²) in [5.41, 5.74) is 5.05. The van der Waals surface area contributed by atoms with Crippen LogP contribution in [0.15, 0.2) is 0 Å². The molecule has 0 spiro atoms. The minimum atomic E-state index is -3.63. The van der Waals surface area contributed by atoms with Gasteiger partial charge in [-0.2, -0.15) is 9.57 Å². The van der Waals surface area contributed by atoms with Crippen molar-refractivity contribution in [2.75, 3.05) is 12.3 Å². The summed E-state index contributed by atoms with van der Waals surface area (Å²) in [5.74, 6) is -1.25. The van der Waals surface area contributed by atoms with Crippen molar-refractivity contribution < 1.29 is 13.2 Å². The van der Waals surface area contributed by atoms with Gasteiger partial charge in [-0.15, -0.1) is 0 Å².